The Kier molecular flexibility index (Phi) is 5.58. The zero-order chi connectivity index (χ0) is 19.0. The van der Waals surface area contributed by atoms with Gasteiger partial charge in [-0.1, -0.05) is 22.4 Å². The molecular formula is C22H29BrN2O2. The molecule has 0 aromatic heterocycles. The molecule has 1 saturated heterocycles. The minimum atomic E-state index is 0.0417. The van der Waals surface area contributed by atoms with E-state index >= 15 is 0 Å². The molecule has 4 unspecified atom stereocenters. The van der Waals surface area contributed by atoms with Crippen LogP contribution in [0.4, 0.5) is 0 Å². The van der Waals surface area contributed by atoms with Crippen LogP contribution in [-0.2, 0) is 4.79 Å². The average Bonchev–Trinajstić information content (AvgIpc) is 3.32. The van der Waals surface area contributed by atoms with E-state index in [0.29, 0.717) is 24.6 Å². The van der Waals surface area contributed by atoms with E-state index in [4.69, 9.17) is 0 Å². The van der Waals surface area contributed by atoms with E-state index in [-0.39, 0.29) is 23.8 Å². The molecule has 1 aromatic carbocycles. The number of likely N-dealkylation sites (tertiary alicyclic amines) is 1. The SMILES string of the molecule is CC(NC(=O)C1CCN(C(=O)c2ccc(Br)cc2)CC1)C1CC2CCC1C2. The zero-order valence-electron chi connectivity index (χ0n) is 16.0. The molecule has 0 spiro atoms. The molecule has 2 aliphatic carbocycles. The lowest BCUT2D eigenvalue weighted by Crippen LogP contribution is -2.47. The fraction of sp³-hybridized carbons (Fsp3) is 0.636. The van der Waals surface area contributed by atoms with Crippen molar-refractivity contribution in [3.05, 3.63) is 34.3 Å². The van der Waals surface area contributed by atoms with Gasteiger partial charge in [0.2, 0.25) is 5.91 Å². The van der Waals surface area contributed by atoms with Gasteiger partial charge in [-0.2, -0.15) is 0 Å². The van der Waals surface area contributed by atoms with E-state index in [9.17, 15) is 9.59 Å². The highest BCUT2D eigenvalue weighted by molar-refractivity contribution is 9.10. The summed E-state index contributed by atoms with van der Waals surface area (Å²) in [6.07, 6.45) is 6.95. The Balaban J connectivity index is 1.26. The van der Waals surface area contributed by atoms with Crippen LogP contribution in [0.3, 0.4) is 0 Å². The van der Waals surface area contributed by atoms with Gasteiger partial charge in [0, 0.05) is 35.1 Å². The molecule has 2 bridgehead atoms. The maximum absolute atomic E-state index is 12.7. The second kappa shape index (κ2) is 7.94. The fourth-order valence-electron chi connectivity index (χ4n) is 5.48. The van der Waals surface area contributed by atoms with Gasteiger partial charge < -0.3 is 10.2 Å². The molecule has 3 fully saturated rings. The summed E-state index contributed by atoms with van der Waals surface area (Å²) < 4.78 is 0.971. The van der Waals surface area contributed by atoms with Crippen LogP contribution in [0.25, 0.3) is 0 Å². The lowest BCUT2D eigenvalue weighted by Gasteiger charge is -2.34. The average molecular weight is 433 g/mol. The highest BCUT2D eigenvalue weighted by Gasteiger charge is 2.42. The van der Waals surface area contributed by atoms with Gasteiger partial charge in [-0.05, 0) is 81.0 Å². The highest BCUT2D eigenvalue weighted by atomic mass is 79.9. The largest absolute Gasteiger partial charge is 0.353 e. The van der Waals surface area contributed by atoms with Crippen molar-refractivity contribution in [1.82, 2.24) is 10.2 Å². The van der Waals surface area contributed by atoms with Crippen LogP contribution in [0.2, 0.25) is 0 Å². The Hall–Kier alpha value is -1.36. The van der Waals surface area contributed by atoms with Gasteiger partial charge in [-0.3, -0.25) is 9.59 Å². The summed E-state index contributed by atoms with van der Waals surface area (Å²) in [6, 6.07) is 7.77. The van der Waals surface area contributed by atoms with E-state index in [2.05, 4.69) is 28.2 Å². The number of fused-ring (bicyclic) bond motifs is 2. The molecule has 0 radical (unpaired) electrons. The number of benzene rings is 1. The van der Waals surface area contributed by atoms with Crippen LogP contribution < -0.4 is 5.32 Å². The Labute approximate surface area is 170 Å². The predicted molar refractivity (Wildman–Crippen MR) is 109 cm³/mol. The first kappa shape index (κ1) is 19.0. The van der Waals surface area contributed by atoms with Gasteiger partial charge in [0.25, 0.3) is 5.91 Å². The van der Waals surface area contributed by atoms with Crippen LogP contribution in [0.15, 0.2) is 28.7 Å². The Bertz CT molecular complexity index is 697. The number of hydrogen-bond donors (Lipinski definition) is 1. The number of nitrogens with zero attached hydrogens (tertiary/aromatic N) is 1. The minimum absolute atomic E-state index is 0.0417. The molecule has 2 saturated carbocycles. The summed E-state index contributed by atoms with van der Waals surface area (Å²) in [5.74, 6) is 2.72. The van der Waals surface area contributed by atoms with Crippen molar-refractivity contribution in [3.63, 3.8) is 0 Å². The Morgan fingerprint density at radius 1 is 1.07 bits per heavy atom. The number of piperidine rings is 1. The van der Waals surface area contributed by atoms with Crippen LogP contribution in [0, 0.1) is 23.7 Å². The molecule has 27 heavy (non-hydrogen) atoms. The molecule has 3 aliphatic rings. The van der Waals surface area contributed by atoms with E-state index in [1.54, 1.807) is 0 Å². The van der Waals surface area contributed by atoms with E-state index in [0.717, 1.165) is 29.2 Å². The third kappa shape index (κ3) is 4.08. The second-order valence-electron chi connectivity index (χ2n) is 8.71. The molecule has 1 aliphatic heterocycles. The monoisotopic (exact) mass is 432 g/mol. The summed E-state index contributed by atoms with van der Waals surface area (Å²) in [6.45, 7) is 3.51. The van der Waals surface area contributed by atoms with Crippen molar-refractivity contribution in [3.8, 4) is 0 Å². The van der Waals surface area contributed by atoms with E-state index in [1.807, 2.05) is 29.2 Å². The number of amides is 2. The van der Waals surface area contributed by atoms with Crippen LogP contribution in [0.1, 0.15) is 55.8 Å². The highest BCUT2D eigenvalue weighted by Crippen LogP contribution is 2.49. The molecule has 146 valence electrons. The molecular weight excluding hydrogens is 404 g/mol. The predicted octanol–water partition coefficient (Wildman–Crippen LogP) is 4.24. The lowest BCUT2D eigenvalue weighted by molar-refractivity contribution is -0.127. The second-order valence-corrected chi connectivity index (χ2v) is 9.63. The lowest BCUT2D eigenvalue weighted by atomic mass is 9.83. The van der Waals surface area contributed by atoms with Crippen LogP contribution in [-0.4, -0.2) is 35.8 Å². The van der Waals surface area contributed by atoms with Crippen LogP contribution >= 0.6 is 15.9 Å². The number of hydrogen-bond acceptors (Lipinski definition) is 2. The first-order valence-corrected chi connectivity index (χ1v) is 11.2. The van der Waals surface area contributed by atoms with E-state index < -0.39 is 0 Å². The number of rotatable bonds is 4. The Morgan fingerprint density at radius 3 is 2.37 bits per heavy atom. The summed E-state index contributed by atoms with van der Waals surface area (Å²) >= 11 is 3.40. The maximum atomic E-state index is 12.7. The van der Waals surface area contributed by atoms with Gasteiger partial charge in [0.15, 0.2) is 0 Å². The topological polar surface area (TPSA) is 49.4 Å². The summed E-state index contributed by atoms with van der Waals surface area (Å²) in [4.78, 5) is 27.2. The first-order chi connectivity index (χ1) is 13.0. The first-order valence-electron chi connectivity index (χ1n) is 10.4. The van der Waals surface area contributed by atoms with Gasteiger partial charge in [-0.15, -0.1) is 0 Å². The molecule has 1 aromatic rings. The molecule has 4 nitrogen and oxygen atoms in total. The molecule has 4 atom stereocenters. The summed E-state index contributed by atoms with van der Waals surface area (Å²) in [5, 5.41) is 3.31. The zero-order valence-corrected chi connectivity index (χ0v) is 17.6. The van der Waals surface area contributed by atoms with E-state index in [1.165, 1.54) is 25.7 Å². The van der Waals surface area contributed by atoms with Crippen LogP contribution in [0.5, 0.6) is 0 Å². The van der Waals surface area contributed by atoms with Crippen molar-refractivity contribution in [1.29, 1.82) is 0 Å². The van der Waals surface area contributed by atoms with Crippen molar-refractivity contribution in [2.45, 2.75) is 51.5 Å². The van der Waals surface area contributed by atoms with Gasteiger partial charge >= 0.3 is 0 Å². The minimum Gasteiger partial charge on any atom is -0.353 e. The Morgan fingerprint density at radius 2 is 1.78 bits per heavy atom. The van der Waals surface area contributed by atoms with Gasteiger partial charge in [0.1, 0.15) is 0 Å². The third-order valence-corrected chi connectivity index (χ3v) is 7.58. The number of carbonyl (C=O) groups excluding carboxylic acids is 2. The molecule has 5 heteroatoms. The quantitative estimate of drug-likeness (QED) is 0.772. The molecule has 1 N–H and O–H groups in total. The number of carbonyl (C=O) groups is 2. The smallest absolute Gasteiger partial charge is 0.253 e. The number of halogens is 1. The van der Waals surface area contributed by atoms with Crippen molar-refractivity contribution in [2.24, 2.45) is 23.7 Å². The molecule has 1 heterocycles. The van der Waals surface area contributed by atoms with Crippen molar-refractivity contribution in [2.75, 3.05) is 13.1 Å². The van der Waals surface area contributed by atoms with Gasteiger partial charge in [0.05, 0.1) is 0 Å². The normalized spacial score (nSPS) is 29.0. The standard InChI is InChI=1S/C22H29BrN2O2/c1-14(20-13-15-2-3-18(20)12-15)24-21(26)16-8-10-25(11-9-16)22(27)17-4-6-19(23)7-5-17/h4-7,14-16,18,20H,2-3,8-13H2,1H3,(H,24,26). The maximum Gasteiger partial charge on any atom is 0.253 e. The summed E-state index contributed by atoms with van der Waals surface area (Å²) in [5.41, 5.74) is 0.714. The van der Waals surface area contributed by atoms with Crippen molar-refractivity contribution < 1.29 is 9.59 Å². The van der Waals surface area contributed by atoms with Crippen molar-refractivity contribution >= 4 is 27.7 Å². The summed E-state index contributed by atoms with van der Waals surface area (Å²) in [7, 11) is 0. The molecule has 4 rings (SSSR count). The third-order valence-electron chi connectivity index (χ3n) is 7.05. The molecule has 2 amide bonds. The van der Waals surface area contributed by atoms with Gasteiger partial charge in [-0.25, -0.2) is 0 Å². The number of nitrogens with one attached hydrogen (secondary N) is 1. The fourth-order valence-corrected chi connectivity index (χ4v) is 5.74.